The number of hydrogen-bond donors (Lipinski definition) is 2. The highest BCUT2D eigenvalue weighted by molar-refractivity contribution is 5.73. The van der Waals surface area contributed by atoms with Gasteiger partial charge in [0.1, 0.15) is 0 Å². The molecule has 1 heterocycles. The molecule has 0 radical (unpaired) electrons. The molecule has 4 nitrogen and oxygen atoms in total. The molecule has 0 spiro atoms. The van der Waals surface area contributed by atoms with Crippen LogP contribution in [-0.4, -0.2) is 47.3 Å². The maximum Gasteiger partial charge on any atom is 0.490 e. The van der Waals surface area contributed by atoms with Gasteiger partial charge in [0, 0.05) is 12.1 Å². The molecule has 1 aliphatic rings. The summed E-state index contributed by atoms with van der Waals surface area (Å²) in [5.74, 6) is -2.76. The van der Waals surface area contributed by atoms with Crippen molar-refractivity contribution in [2.75, 3.05) is 13.1 Å². The van der Waals surface area contributed by atoms with E-state index in [0.717, 1.165) is 0 Å². The number of likely N-dealkylation sites (tertiary alicyclic amines) is 1. The Kier molecular flexibility index (Phi) is 6.48. The van der Waals surface area contributed by atoms with Crippen molar-refractivity contribution in [1.29, 1.82) is 0 Å². The predicted octanol–water partition coefficient (Wildman–Crippen LogP) is 1.45. The van der Waals surface area contributed by atoms with E-state index in [4.69, 9.17) is 15.6 Å². The second-order valence-corrected chi connectivity index (χ2v) is 4.27. The van der Waals surface area contributed by atoms with E-state index in [0.29, 0.717) is 12.1 Å². The van der Waals surface area contributed by atoms with Crippen LogP contribution in [0.1, 0.15) is 26.7 Å². The number of aliphatic carboxylic acids is 1. The minimum absolute atomic E-state index is 0.468. The normalized spacial score (nSPS) is 18.8. The Balaban J connectivity index is 0.000000325. The first kappa shape index (κ1) is 16.2. The van der Waals surface area contributed by atoms with Crippen LogP contribution in [0.3, 0.4) is 0 Å². The maximum atomic E-state index is 10.6. The zero-order chi connectivity index (χ0) is 13.6. The molecule has 102 valence electrons. The summed E-state index contributed by atoms with van der Waals surface area (Å²) >= 11 is 0. The molecule has 1 saturated heterocycles. The van der Waals surface area contributed by atoms with E-state index in [-0.39, 0.29) is 0 Å². The maximum absolute atomic E-state index is 10.6. The summed E-state index contributed by atoms with van der Waals surface area (Å²) in [6.45, 7) is 6.88. The first-order valence-corrected chi connectivity index (χ1v) is 5.44. The van der Waals surface area contributed by atoms with E-state index in [9.17, 15) is 13.2 Å². The molecule has 1 fully saturated rings. The second-order valence-electron chi connectivity index (χ2n) is 4.27. The third-order valence-electron chi connectivity index (χ3n) is 2.55. The van der Waals surface area contributed by atoms with E-state index >= 15 is 0 Å². The molecule has 0 bridgehead atoms. The van der Waals surface area contributed by atoms with Crippen molar-refractivity contribution in [1.82, 2.24) is 4.90 Å². The Bertz CT molecular complexity index is 236. The van der Waals surface area contributed by atoms with E-state index < -0.39 is 12.1 Å². The molecule has 0 amide bonds. The molecule has 7 heteroatoms. The van der Waals surface area contributed by atoms with Crippen LogP contribution in [0.4, 0.5) is 13.2 Å². The Labute approximate surface area is 98.6 Å². The van der Waals surface area contributed by atoms with Gasteiger partial charge in [-0.05, 0) is 39.8 Å². The van der Waals surface area contributed by atoms with Crippen molar-refractivity contribution < 1.29 is 23.1 Å². The van der Waals surface area contributed by atoms with Gasteiger partial charge >= 0.3 is 12.1 Å². The molecule has 0 saturated carbocycles. The number of carboxylic acid groups (broad SMARTS) is 1. The summed E-state index contributed by atoms with van der Waals surface area (Å²) in [5, 5.41) is 7.12. The van der Waals surface area contributed by atoms with Crippen LogP contribution >= 0.6 is 0 Å². The fraction of sp³-hybridized carbons (Fsp3) is 0.900. The van der Waals surface area contributed by atoms with Crippen molar-refractivity contribution in [3.8, 4) is 0 Å². The molecule has 0 aromatic carbocycles. The zero-order valence-corrected chi connectivity index (χ0v) is 10.00. The lowest BCUT2D eigenvalue weighted by Gasteiger charge is -2.32. The largest absolute Gasteiger partial charge is 0.490 e. The average molecular weight is 256 g/mol. The van der Waals surface area contributed by atoms with Crippen LogP contribution in [0.15, 0.2) is 0 Å². The highest BCUT2D eigenvalue weighted by Crippen LogP contribution is 2.13. The van der Waals surface area contributed by atoms with Gasteiger partial charge in [-0.3, -0.25) is 0 Å². The third kappa shape index (κ3) is 7.17. The van der Waals surface area contributed by atoms with Gasteiger partial charge < -0.3 is 15.7 Å². The number of piperidine rings is 1. The summed E-state index contributed by atoms with van der Waals surface area (Å²) in [6, 6.07) is 1.17. The summed E-state index contributed by atoms with van der Waals surface area (Å²) in [6.07, 6.45) is -2.73. The molecule has 0 aromatic rings. The molecule has 3 N–H and O–H groups in total. The SMILES string of the molecule is CC(C)N1CCC(N)CC1.O=C(O)C(F)(F)F. The average Bonchev–Trinajstić information content (AvgIpc) is 2.17. The standard InChI is InChI=1S/C8H18N2.C2HF3O2/c1-7(2)10-5-3-8(9)4-6-10;3-2(4,5)1(6)7/h7-8H,3-6,9H2,1-2H3;(H,6,7). The summed E-state index contributed by atoms with van der Waals surface area (Å²) < 4.78 is 31.7. The smallest absolute Gasteiger partial charge is 0.475 e. The summed E-state index contributed by atoms with van der Waals surface area (Å²) in [7, 11) is 0. The van der Waals surface area contributed by atoms with Gasteiger partial charge in [0.25, 0.3) is 0 Å². The molecule has 0 aromatic heterocycles. The monoisotopic (exact) mass is 256 g/mol. The minimum atomic E-state index is -5.08. The topological polar surface area (TPSA) is 66.6 Å². The van der Waals surface area contributed by atoms with E-state index in [1.807, 2.05) is 0 Å². The van der Waals surface area contributed by atoms with Gasteiger partial charge in [0.05, 0.1) is 0 Å². The van der Waals surface area contributed by atoms with Gasteiger partial charge in [-0.1, -0.05) is 0 Å². The van der Waals surface area contributed by atoms with Crippen LogP contribution < -0.4 is 5.73 Å². The molecular weight excluding hydrogens is 237 g/mol. The number of carboxylic acids is 1. The van der Waals surface area contributed by atoms with E-state index in [1.165, 1.54) is 25.9 Å². The Morgan fingerprint density at radius 3 is 1.94 bits per heavy atom. The van der Waals surface area contributed by atoms with Crippen molar-refractivity contribution in [3.63, 3.8) is 0 Å². The fourth-order valence-electron chi connectivity index (χ4n) is 1.44. The zero-order valence-electron chi connectivity index (χ0n) is 10.00. The Hall–Kier alpha value is -0.820. The van der Waals surface area contributed by atoms with Crippen molar-refractivity contribution in [2.45, 2.75) is 44.9 Å². The molecule has 1 aliphatic heterocycles. The number of carbonyl (C=O) groups is 1. The molecule has 0 aliphatic carbocycles. The third-order valence-corrected chi connectivity index (χ3v) is 2.55. The second kappa shape index (κ2) is 6.80. The first-order chi connectivity index (χ1) is 7.64. The van der Waals surface area contributed by atoms with Gasteiger partial charge in [-0.15, -0.1) is 0 Å². The minimum Gasteiger partial charge on any atom is -0.475 e. The first-order valence-electron chi connectivity index (χ1n) is 5.44. The van der Waals surface area contributed by atoms with Crippen molar-refractivity contribution >= 4 is 5.97 Å². The van der Waals surface area contributed by atoms with Gasteiger partial charge in [-0.2, -0.15) is 13.2 Å². The van der Waals surface area contributed by atoms with Crippen molar-refractivity contribution in [2.24, 2.45) is 5.73 Å². The number of hydrogen-bond acceptors (Lipinski definition) is 3. The van der Waals surface area contributed by atoms with Crippen LogP contribution in [0.25, 0.3) is 0 Å². The lowest BCUT2D eigenvalue weighted by molar-refractivity contribution is -0.192. The molecule has 1 rings (SSSR count). The summed E-state index contributed by atoms with van der Waals surface area (Å²) in [5.41, 5.74) is 5.77. The van der Waals surface area contributed by atoms with E-state index in [2.05, 4.69) is 18.7 Å². The fourth-order valence-corrected chi connectivity index (χ4v) is 1.44. The molecule has 0 unspecified atom stereocenters. The van der Waals surface area contributed by atoms with Crippen molar-refractivity contribution in [3.05, 3.63) is 0 Å². The van der Waals surface area contributed by atoms with Gasteiger partial charge in [-0.25, -0.2) is 4.79 Å². The lowest BCUT2D eigenvalue weighted by atomic mass is 10.1. The van der Waals surface area contributed by atoms with Gasteiger partial charge in [0.15, 0.2) is 0 Å². The number of rotatable bonds is 1. The highest BCUT2D eigenvalue weighted by Gasteiger charge is 2.38. The molecule has 17 heavy (non-hydrogen) atoms. The molecule has 0 atom stereocenters. The quantitative estimate of drug-likeness (QED) is 0.745. The number of nitrogens with zero attached hydrogens (tertiary/aromatic N) is 1. The number of halogens is 3. The predicted molar refractivity (Wildman–Crippen MR) is 57.6 cm³/mol. The Morgan fingerprint density at radius 2 is 1.71 bits per heavy atom. The van der Waals surface area contributed by atoms with Crippen LogP contribution in [0.5, 0.6) is 0 Å². The Morgan fingerprint density at radius 1 is 1.35 bits per heavy atom. The lowest BCUT2D eigenvalue weighted by Crippen LogP contribution is -2.42. The van der Waals surface area contributed by atoms with Crippen LogP contribution in [0, 0.1) is 0 Å². The van der Waals surface area contributed by atoms with Crippen LogP contribution in [0.2, 0.25) is 0 Å². The number of alkyl halides is 3. The molecular formula is C10H19F3N2O2. The number of nitrogens with two attached hydrogens (primary N) is 1. The summed E-state index contributed by atoms with van der Waals surface area (Å²) in [4.78, 5) is 11.4. The van der Waals surface area contributed by atoms with Crippen LogP contribution in [-0.2, 0) is 4.79 Å². The van der Waals surface area contributed by atoms with Gasteiger partial charge in [0.2, 0.25) is 0 Å². The van der Waals surface area contributed by atoms with E-state index in [1.54, 1.807) is 0 Å². The highest BCUT2D eigenvalue weighted by atomic mass is 19.4.